The largest absolute Gasteiger partial charge is 0.369 e. The lowest BCUT2D eigenvalue weighted by molar-refractivity contribution is 0.589. The molecule has 3 heterocycles. The summed E-state index contributed by atoms with van der Waals surface area (Å²) in [6, 6.07) is 10.4. The maximum absolute atomic E-state index is 4.45. The van der Waals surface area contributed by atoms with Crippen LogP contribution in [0.25, 0.3) is 11.0 Å². The molecule has 3 aromatic rings. The summed E-state index contributed by atoms with van der Waals surface area (Å²) in [5, 5.41) is 7.62. The van der Waals surface area contributed by atoms with E-state index in [9.17, 15) is 0 Å². The van der Waals surface area contributed by atoms with E-state index >= 15 is 0 Å². The van der Waals surface area contributed by atoms with Crippen molar-refractivity contribution in [2.24, 2.45) is 0 Å². The number of rotatable bonds is 3. The average molecular weight is 294 g/mol. The summed E-state index contributed by atoms with van der Waals surface area (Å²) in [5.74, 6) is 0.602. The highest BCUT2D eigenvalue weighted by Crippen LogP contribution is 2.20. The lowest BCUT2D eigenvalue weighted by atomic mass is 10.2. The molecule has 1 aliphatic heterocycles. The Morgan fingerprint density at radius 1 is 1.05 bits per heavy atom. The highest BCUT2D eigenvalue weighted by Gasteiger charge is 2.10. The molecule has 22 heavy (non-hydrogen) atoms. The summed E-state index contributed by atoms with van der Waals surface area (Å²) >= 11 is 0. The van der Waals surface area contributed by atoms with E-state index in [1.165, 1.54) is 5.69 Å². The topological polar surface area (TPSA) is 68.9 Å². The minimum absolute atomic E-state index is 0.602. The molecule has 0 unspecified atom stereocenters. The van der Waals surface area contributed by atoms with Crippen LogP contribution in [0.3, 0.4) is 0 Å². The number of hydrogen-bond acceptors (Lipinski definition) is 5. The van der Waals surface area contributed by atoms with Gasteiger partial charge in [0, 0.05) is 55.3 Å². The minimum Gasteiger partial charge on any atom is -0.369 e. The molecule has 0 atom stereocenters. The second-order valence-electron chi connectivity index (χ2n) is 5.38. The standard InChI is InChI=1S/C16H18N6/c1-3-14(22-9-7-17-8-10-22)4-2-13(1)20-16-19-11-12-5-6-18-15(12)21-16/h1-6,11,17H,7-10H2,(H2,18,19,20,21). The zero-order valence-electron chi connectivity index (χ0n) is 12.2. The number of hydrogen-bond donors (Lipinski definition) is 3. The van der Waals surface area contributed by atoms with Gasteiger partial charge in [-0.3, -0.25) is 0 Å². The van der Waals surface area contributed by atoms with Crippen molar-refractivity contribution in [2.45, 2.75) is 0 Å². The van der Waals surface area contributed by atoms with Gasteiger partial charge in [0.15, 0.2) is 0 Å². The van der Waals surface area contributed by atoms with Crippen molar-refractivity contribution in [3.05, 3.63) is 42.7 Å². The highest BCUT2D eigenvalue weighted by molar-refractivity contribution is 5.75. The van der Waals surface area contributed by atoms with Crippen LogP contribution in [0.1, 0.15) is 0 Å². The van der Waals surface area contributed by atoms with Gasteiger partial charge in [0.25, 0.3) is 0 Å². The van der Waals surface area contributed by atoms with Crippen LogP contribution in [0.15, 0.2) is 42.7 Å². The number of nitrogens with zero attached hydrogens (tertiary/aromatic N) is 3. The Kier molecular flexibility index (Phi) is 3.36. The van der Waals surface area contributed by atoms with Crippen molar-refractivity contribution < 1.29 is 0 Å². The normalized spacial score (nSPS) is 15.2. The minimum atomic E-state index is 0.602. The fraction of sp³-hybridized carbons (Fsp3) is 0.250. The quantitative estimate of drug-likeness (QED) is 0.690. The van der Waals surface area contributed by atoms with E-state index in [4.69, 9.17) is 0 Å². The van der Waals surface area contributed by atoms with Gasteiger partial charge in [0.2, 0.25) is 5.95 Å². The molecule has 0 spiro atoms. The van der Waals surface area contributed by atoms with Gasteiger partial charge in [-0.2, -0.15) is 4.98 Å². The summed E-state index contributed by atoms with van der Waals surface area (Å²) < 4.78 is 0. The number of piperazine rings is 1. The van der Waals surface area contributed by atoms with Crippen LogP contribution in [0, 0.1) is 0 Å². The number of H-pyrrole nitrogens is 1. The van der Waals surface area contributed by atoms with Gasteiger partial charge in [0.1, 0.15) is 5.65 Å². The molecule has 1 fully saturated rings. The zero-order chi connectivity index (χ0) is 14.8. The lowest BCUT2D eigenvalue weighted by Gasteiger charge is -2.29. The Labute approximate surface area is 128 Å². The van der Waals surface area contributed by atoms with Crippen LogP contribution < -0.4 is 15.5 Å². The second-order valence-corrected chi connectivity index (χ2v) is 5.38. The number of benzene rings is 1. The molecule has 112 valence electrons. The second kappa shape index (κ2) is 5.65. The molecule has 1 aromatic carbocycles. The molecule has 2 aromatic heterocycles. The average Bonchev–Trinajstić information content (AvgIpc) is 3.04. The zero-order valence-corrected chi connectivity index (χ0v) is 12.2. The first kappa shape index (κ1) is 13.1. The molecule has 0 saturated carbocycles. The van der Waals surface area contributed by atoms with Gasteiger partial charge in [-0.05, 0) is 30.3 Å². The molecule has 3 N–H and O–H groups in total. The monoisotopic (exact) mass is 294 g/mol. The van der Waals surface area contributed by atoms with Gasteiger partial charge < -0.3 is 20.5 Å². The van der Waals surface area contributed by atoms with E-state index in [2.05, 4.69) is 54.8 Å². The van der Waals surface area contributed by atoms with Crippen LogP contribution in [0.2, 0.25) is 0 Å². The van der Waals surface area contributed by atoms with Crippen LogP contribution in [0.4, 0.5) is 17.3 Å². The summed E-state index contributed by atoms with van der Waals surface area (Å²) in [6.45, 7) is 4.20. The third-order valence-electron chi connectivity index (χ3n) is 3.91. The summed E-state index contributed by atoms with van der Waals surface area (Å²) in [7, 11) is 0. The smallest absolute Gasteiger partial charge is 0.229 e. The SMILES string of the molecule is c1cc2cnc(Nc3ccc(N4CCNCC4)cc3)nc2[nH]1. The maximum Gasteiger partial charge on any atom is 0.229 e. The van der Waals surface area contributed by atoms with Gasteiger partial charge in [-0.1, -0.05) is 0 Å². The fourth-order valence-electron chi connectivity index (χ4n) is 2.71. The van der Waals surface area contributed by atoms with Gasteiger partial charge >= 0.3 is 0 Å². The van der Waals surface area contributed by atoms with Crippen molar-refractivity contribution in [3.8, 4) is 0 Å². The van der Waals surface area contributed by atoms with E-state index in [1.807, 2.05) is 18.5 Å². The van der Waals surface area contributed by atoms with Gasteiger partial charge in [-0.25, -0.2) is 4.98 Å². The fourth-order valence-corrected chi connectivity index (χ4v) is 2.71. The van der Waals surface area contributed by atoms with Crippen molar-refractivity contribution >= 4 is 28.4 Å². The number of nitrogens with one attached hydrogen (secondary N) is 3. The van der Waals surface area contributed by atoms with E-state index in [0.717, 1.165) is 42.9 Å². The van der Waals surface area contributed by atoms with E-state index in [0.29, 0.717) is 5.95 Å². The van der Waals surface area contributed by atoms with Crippen LogP contribution in [-0.2, 0) is 0 Å². The molecule has 0 amide bonds. The van der Waals surface area contributed by atoms with Crippen LogP contribution in [0.5, 0.6) is 0 Å². The summed E-state index contributed by atoms with van der Waals surface area (Å²) in [4.78, 5) is 14.3. The van der Waals surface area contributed by atoms with E-state index < -0.39 is 0 Å². The van der Waals surface area contributed by atoms with Crippen molar-refractivity contribution in [3.63, 3.8) is 0 Å². The molecule has 1 aliphatic rings. The van der Waals surface area contributed by atoms with Crippen LogP contribution >= 0.6 is 0 Å². The molecule has 6 nitrogen and oxygen atoms in total. The molecule has 4 rings (SSSR count). The number of anilines is 3. The Balaban J connectivity index is 1.50. The van der Waals surface area contributed by atoms with Gasteiger partial charge in [0.05, 0.1) is 0 Å². The maximum atomic E-state index is 4.45. The first-order valence-corrected chi connectivity index (χ1v) is 7.51. The molecule has 1 saturated heterocycles. The van der Waals surface area contributed by atoms with Crippen molar-refractivity contribution in [1.29, 1.82) is 0 Å². The Hall–Kier alpha value is -2.60. The predicted octanol–water partition coefficient (Wildman–Crippen LogP) is 2.11. The third-order valence-corrected chi connectivity index (χ3v) is 3.91. The Bertz CT molecular complexity index is 758. The summed E-state index contributed by atoms with van der Waals surface area (Å²) in [6.07, 6.45) is 3.68. The van der Waals surface area contributed by atoms with Crippen LogP contribution in [-0.4, -0.2) is 41.1 Å². The number of aromatic amines is 1. The third kappa shape index (κ3) is 2.60. The lowest BCUT2D eigenvalue weighted by Crippen LogP contribution is -2.43. The van der Waals surface area contributed by atoms with E-state index in [-0.39, 0.29) is 0 Å². The molecule has 0 radical (unpaired) electrons. The van der Waals surface area contributed by atoms with Crippen molar-refractivity contribution in [1.82, 2.24) is 20.3 Å². The Morgan fingerprint density at radius 3 is 2.68 bits per heavy atom. The molecule has 0 aliphatic carbocycles. The first-order chi connectivity index (χ1) is 10.9. The molecular formula is C16H18N6. The summed E-state index contributed by atoms with van der Waals surface area (Å²) in [5.41, 5.74) is 3.09. The number of aromatic nitrogens is 3. The number of fused-ring (bicyclic) bond motifs is 1. The van der Waals surface area contributed by atoms with Crippen molar-refractivity contribution in [2.75, 3.05) is 36.4 Å². The molecule has 6 heteroatoms. The predicted molar refractivity (Wildman–Crippen MR) is 88.7 cm³/mol. The molecule has 0 bridgehead atoms. The Morgan fingerprint density at radius 2 is 1.86 bits per heavy atom. The molecular weight excluding hydrogens is 276 g/mol. The highest BCUT2D eigenvalue weighted by atomic mass is 15.2. The van der Waals surface area contributed by atoms with E-state index in [1.54, 1.807) is 0 Å². The van der Waals surface area contributed by atoms with Gasteiger partial charge in [-0.15, -0.1) is 0 Å². The first-order valence-electron chi connectivity index (χ1n) is 7.51.